The van der Waals surface area contributed by atoms with Crippen LogP contribution in [0.15, 0.2) is 179 Å². The summed E-state index contributed by atoms with van der Waals surface area (Å²) in [5.41, 5.74) is 14.0. The molecule has 3 heteroatoms. The first-order chi connectivity index (χ1) is 21.9. The van der Waals surface area contributed by atoms with E-state index in [9.17, 15) is 0 Å². The molecule has 0 fully saturated rings. The minimum Gasteiger partial charge on any atom is -1.00 e. The summed E-state index contributed by atoms with van der Waals surface area (Å²) < 4.78 is 3.63. The summed E-state index contributed by atoms with van der Waals surface area (Å²) in [5.74, 6) is 0. The van der Waals surface area contributed by atoms with Gasteiger partial charge in [0.05, 0.1) is 0 Å². The molecule has 2 aliphatic rings. The Hall–Kier alpha value is -3.87. The Morgan fingerprint density at radius 2 is 0.870 bits per heavy atom. The molecule has 6 aromatic carbocycles. The Kier molecular flexibility index (Phi) is 9.96. The molecule has 0 saturated carbocycles. The molecule has 0 aromatic heterocycles. The number of rotatable bonds is 6. The zero-order valence-electron chi connectivity index (χ0n) is 25.3. The van der Waals surface area contributed by atoms with Crippen LogP contribution in [0.25, 0.3) is 22.3 Å². The molecule has 0 unspecified atom stereocenters. The van der Waals surface area contributed by atoms with E-state index in [1.807, 2.05) is 0 Å². The minimum atomic E-state index is -2.84. The van der Waals surface area contributed by atoms with Crippen molar-refractivity contribution in [3.8, 4) is 11.1 Å². The van der Waals surface area contributed by atoms with Crippen LogP contribution in [-0.4, -0.2) is 3.21 Å². The monoisotopic (exact) mass is 708 g/mol. The van der Waals surface area contributed by atoms with Gasteiger partial charge >= 0.3 is 269 Å². The van der Waals surface area contributed by atoms with Gasteiger partial charge in [-0.15, -0.1) is 0 Å². The van der Waals surface area contributed by atoms with E-state index >= 15 is 0 Å². The second-order valence-corrected chi connectivity index (χ2v) is 17.9. The quantitative estimate of drug-likeness (QED) is 0.238. The molecular weight excluding hydrogens is 679 g/mol. The van der Waals surface area contributed by atoms with Gasteiger partial charge in [0, 0.05) is 0 Å². The second kappa shape index (κ2) is 14.3. The van der Waals surface area contributed by atoms with Crippen LogP contribution in [0.3, 0.4) is 0 Å². The SMILES string of the molecule is C1=[C]([Zr+2](=[C](c2ccccc2)c2ccccc2)[CH]2c3ccccc3-c3ccccc32)CC(c2ccccc2)=C1c1ccccc1.[Cl-].[Cl-]. The average molecular weight is 711 g/mol. The molecule has 0 radical (unpaired) electrons. The van der Waals surface area contributed by atoms with Crippen molar-refractivity contribution >= 4 is 14.4 Å². The molecule has 0 amide bonds. The normalized spacial score (nSPS) is 13.0. The molecule has 0 saturated heterocycles. The Morgan fingerprint density at radius 1 is 0.457 bits per heavy atom. The molecule has 0 N–H and O–H groups in total. The van der Waals surface area contributed by atoms with Gasteiger partial charge in [-0.1, -0.05) is 0 Å². The zero-order chi connectivity index (χ0) is 29.3. The van der Waals surface area contributed by atoms with Crippen molar-refractivity contribution in [1.82, 2.24) is 0 Å². The number of allylic oxidation sites excluding steroid dienone is 4. The predicted octanol–water partition coefficient (Wildman–Crippen LogP) is 4.55. The molecule has 0 bridgehead atoms. The molecule has 46 heavy (non-hydrogen) atoms. The first-order valence-corrected chi connectivity index (χ1v) is 19.3. The van der Waals surface area contributed by atoms with Crippen LogP contribution in [0, 0.1) is 0 Å². The third-order valence-electron chi connectivity index (χ3n) is 9.08. The van der Waals surface area contributed by atoms with Crippen molar-refractivity contribution in [2.75, 3.05) is 0 Å². The number of benzene rings is 6. The van der Waals surface area contributed by atoms with Gasteiger partial charge in [-0.2, -0.15) is 0 Å². The Balaban J connectivity index is 0.00000186. The summed E-state index contributed by atoms with van der Waals surface area (Å²) >= 11 is -2.84. The van der Waals surface area contributed by atoms with Gasteiger partial charge in [0.25, 0.3) is 0 Å². The van der Waals surface area contributed by atoms with E-state index in [2.05, 4.69) is 176 Å². The topological polar surface area (TPSA) is 0 Å². The van der Waals surface area contributed by atoms with Crippen LogP contribution in [0.5, 0.6) is 0 Å². The molecule has 0 aliphatic heterocycles. The van der Waals surface area contributed by atoms with Crippen molar-refractivity contribution < 1.29 is 46.1 Å². The molecule has 0 nitrogen and oxygen atoms in total. The fourth-order valence-electron chi connectivity index (χ4n) is 7.19. The molecule has 0 heterocycles. The van der Waals surface area contributed by atoms with Crippen molar-refractivity contribution in [1.29, 1.82) is 0 Å². The summed E-state index contributed by atoms with van der Waals surface area (Å²) in [6.07, 6.45) is 3.61. The van der Waals surface area contributed by atoms with Gasteiger partial charge in [-0.25, -0.2) is 0 Å². The summed E-state index contributed by atoms with van der Waals surface area (Å²) in [5, 5.41) is 0. The maximum atomic E-state index is 2.61. The van der Waals surface area contributed by atoms with Crippen molar-refractivity contribution in [3.63, 3.8) is 0 Å². The molecule has 0 spiro atoms. The van der Waals surface area contributed by atoms with E-state index in [0.29, 0.717) is 3.63 Å². The molecular formula is C43H32Cl2Zr. The van der Waals surface area contributed by atoms with Crippen molar-refractivity contribution in [2.45, 2.75) is 10.0 Å². The number of hydrogen-bond donors (Lipinski definition) is 0. The minimum absolute atomic E-state index is 0. The summed E-state index contributed by atoms with van der Waals surface area (Å²) in [7, 11) is 0. The first-order valence-electron chi connectivity index (χ1n) is 15.4. The van der Waals surface area contributed by atoms with Crippen LogP contribution >= 0.6 is 0 Å². The Labute approximate surface area is 292 Å². The Morgan fingerprint density at radius 3 is 1.37 bits per heavy atom. The van der Waals surface area contributed by atoms with E-state index in [1.54, 1.807) is 6.49 Å². The van der Waals surface area contributed by atoms with Crippen molar-refractivity contribution in [3.05, 3.63) is 213 Å². The van der Waals surface area contributed by atoms with Crippen LogP contribution in [0.2, 0.25) is 0 Å². The fourth-order valence-corrected chi connectivity index (χ4v) is 16.4. The van der Waals surface area contributed by atoms with Crippen LogP contribution in [-0.2, 0) is 21.3 Å². The predicted molar refractivity (Wildman–Crippen MR) is 182 cm³/mol. The Bertz CT molecular complexity index is 1980. The van der Waals surface area contributed by atoms with Crippen LogP contribution in [0.4, 0.5) is 0 Å². The van der Waals surface area contributed by atoms with Gasteiger partial charge in [0.2, 0.25) is 0 Å². The van der Waals surface area contributed by atoms with Crippen LogP contribution < -0.4 is 24.8 Å². The van der Waals surface area contributed by atoms with Gasteiger partial charge < -0.3 is 24.8 Å². The van der Waals surface area contributed by atoms with E-state index in [4.69, 9.17) is 0 Å². The van der Waals surface area contributed by atoms with E-state index in [0.717, 1.165) is 6.42 Å². The summed E-state index contributed by atoms with van der Waals surface area (Å²) in [6.45, 7) is 0. The standard InChI is InChI=1S/C17H13.C13H9.C13H10.2ClH.Zr/c1-3-8-14(9-4-1)16-12-7-13-17(16)15-10-5-2-6-11-15;1-3-7-12-10(5-1)9-11-6-2-4-8-13(11)12;1-3-7-12(8-4-1)11-13-9-5-2-6-10-13;;;/h1-6,8-12H,13H2;1-9H;1-10H;2*1H;/q;;;;;+2/p-2. The van der Waals surface area contributed by atoms with Crippen LogP contribution in [0.1, 0.15) is 43.4 Å². The molecule has 222 valence electrons. The van der Waals surface area contributed by atoms with E-state index < -0.39 is 21.3 Å². The van der Waals surface area contributed by atoms with Gasteiger partial charge in [-0.3, -0.25) is 0 Å². The maximum Gasteiger partial charge on any atom is -1.00 e. The fraction of sp³-hybridized carbons (Fsp3) is 0.0465. The third-order valence-corrected chi connectivity index (χ3v) is 17.3. The number of halogens is 2. The maximum absolute atomic E-state index is 2.84. The molecule has 6 aromatic rings. The van der Waals surface area contributed by atoms with E-state index in [-0.39, 0.29) is 24.8 Å². The first kappa shape index (κ1) is 32.1. The largest absolute Gasteiger partial charge is 1.00 e. The summed E-state index contributed by atoms with van der Waals surface area (Å²) in [6, 6.07) is 63.0. The zero-order valence-corrected chi connectivity index (χ0v) is 29.3. The van der Waals surface area contributed by atoms with Gasteiger partial charge in [0.1, 0.15) is 0 Å². The molecule has 2 aliphatic carbocycles. The number of fused-ring (bicyclic) bond motifs is 3. The second-order valence-electron chi connectivity index (χ2n) is 11.6. The van der Waals surface area contributed by atoms with Gasteiger partial charge in [0.15, 0.2) is 0 Å². The molecule has 8 rings (SSSR count). The van der Waals surface area contributed by atoms with Gasteiger partial charge in [-0.05, 0) is 0 Å². The summed E-state index contributed by atoms with van der Waals surface area (Å²) in [4.78, 5) is 0. The number of hydrogen-bond acceptors (Lipinski definition) is 0. The smallest absolute Gasteiger partial charge is 1.00 e. The third kappa shape index (κ3) is 5.89. The molecule has 0 atom stereocenters. The van der Waals surface area contributed by atoms with E-state index in [1.165, 1.54) is 55.7 Å². The van der Waals surface area contributed by atoms with Crippen molar-refractivity contribution in [2.24, 2.45) is 0 Å². The average Bonchev–Trinajstić information content (AvgIpc) is 3.69.